The van der Waals surface area contributed by atoms with Gasteiger partial charge in [-0.15, -0.1) is 0 Å². The summed E-state index contributed by atoms with van der Waals surface area (Å²) in [6.45, 7) is 19.9. The maximum Gasteiger partial charge on any atom is 0.312 e. The number of benzene rings is 1. The number of primary amides is 1. The van der Waals surface area contributed by atoms with Gasteiger partial charge in [-0.25, -0.2) is 4.79 Å². The zero-order valence-electron chi connectivity index (χ0n) is 37.9. The van der Waals surface area contributed by atoms with Gasteiger partial charge in [0.15, 0.2) is 0 Å². The van der Waals surface area contributed by atoms with Gasteiger partial charge in [0.05, 0.1) is 65.3 Å². The predicted octanol–water partition coefficient (Wildman–Crippen LogP) is 2.43. The summed E-state index contributed by atoms with van der Waals surface area (Å²) in [6.07, 6.45) is 1.36. The van der Waals surface area contributed by atoms with E-state index in [2.05, 4.69) is 26.6 Å². The number of nitrogens with one attached hydrogen (secondary N) is 5. The van der Waals surface area contributed by atoms with Gasteiger partial charge in [0.25, 0.3) is 5.91 Å². The molecule has 19 nitrogen and oxygen atoms in total. The number of esters is 1. The standard InChI is InChI=1S/C36H59N5O11.C4H10N2O.C2H6/c1-24(2)30(42)9-13-48-15-17-50-19-20-51-18-16-49-14-10-31(43)41-33(25(3)4)35(46)39-22-32(44)40-28-8-7-27(23-52-36(47)26(5)6)29(21-28)34(45)38-12-11-37;1-2-3-6-4(5)7;1-2/h7-8,21,24-26,33H,9-20,22-23,37H2,1-6H3,(H,38,45)(H,39,46)(H,40,44)(H,41,43);2-3H2,1H3,(H3,5,6,7);1-2H3. The number of Topliss-reactive ketones (excluding diaryl/α,β-unsaturated/α-hetero) is 1. The van der Waals surface area contributed by atoms with Crippen molar-refractivity contribution < 1.29 is 57.2 Å². The molecule has 0 aliphatic rings. The molecule has 0 heterocycles. The monoisotopic (exact) mass is 870 g/mol. The SMILES string of the molecule is CC.CC(C)C(=O)CCOCCOCCOCCOCCC(=O)NC(C(=O)NCC(=O)Nc1ccc(COC(=O)C(C)C)c(C(=O)NCCN)c1)C(C)C.CCCNC(N)=O. The Kier molecular flexibility index (Phi) is 35.5. The molecule has 0 radical (unpaired) electrons. The van der Waals surface area contributed by atoms with E-state index in [0.29, 0.717) is 58.2 Å². The van der Waals surface area contributed by atoms with E-state index in [1.54, 1.807) is 39.8 Å². The number of amides is 6. The lowest BCUT2D eigenvalue weighted by atomic mass is 10.0. The Bertz CT molecular complexity index is 1430. The summed E-state index contributed by atoms with van der Waals surface area (Å²) in [5.41, 5.74) is 11.2. The highest BCUT2D eigenvalue weighted by Gasteiger charge is 2.24. The molecular formula is C42H75N7O12. The van der Waals surface area contributed by atoms with Crippen molar-refractivity contribution in [3.05, 3.63) is 29.3 Å². The summed E-state index contributed by atoms with van der Waals surface area (Å²) in [5.74, 6) is -2.77. The fourth-order valence-electron chi connectivity index (χ4n) is 4.49. The van der Waals surface area contributed by atoms with Crippen molar-refractivity contribution in [2.45, 2.75) is 94.2 Å². The van der Waals surface area contributed by atoms with Gasteiger partial charge in [-0.2, -0.15) is 0 Å². The summed E-state index contributed by atoms with van der Waals surface area (Å²) in [5, 5.41) is 13.0. The van der Waals surface area contributed by atoms with Crippen LogP contribution < -0.4 is 38.1 Å². The first-order valence-electron chi connectivity index (χ1n) is 21.1. The summed E-state index contributed by atoms with van der Waals surface area (Å²) >= 11 is 0. The van der Waals surface area contributed by atoms with Gasteiger partial charge in [-0.3, -0.25) is 28.8 Å². The van der Waals surface area contributed by atoms with E-state index >= 15 is 0 Å². The maximum absolute atomic E-state index is 12.9. The second kappa shape index (κ2) is 37.1. The molecule has 0 aromatic heterocycles. The average Bonchev–Trinajstić information content (AvgIpc) is 3.23. The quantitative estimate of drug-likeness (QED) is 0.0433. The van der Waals surface area contributed by atoms with Crippen LogP contribution in [0.4, 0.5) is 10.5 Å². The molecule has 19 heteroatoms. The van der Waals surface area contributed by atoms with E-state index < -0.39 is 35.8 Å². The smallest absolute Gasteiger partial charge is 0.312 e. The van der Waals surface area contributed by atoms with Crippen LogP contribution in [0.2, 0.25) is 0 Å². The van der Waals surface area contributed by atoms with Gasteiger partial charge in [0.2, 0.25) is 17.7 Å². The number of carbonyl (C=O) groups is 7. The highest BCUT2D eigenvalue weighted by atomic mass is 16.6. The number of carbonyl (C=O) groups excluding carboxylic acids is 7. The van der Waals surface area contributed by atoms with Crippen molar-refractivity contribution in [2.24, 2.45) is 29.2 Å². The lowest BCUT2D eigenvalue weighted by molar-refractivity contribution is -0.148. The first-order chi connectivity index (χ1) is 29.0. The Labute approximate surface area is 362 Å². The van der Waals surface area contributed by atoms with Crippen molar-refractivity contribution in [1.82, 2.24) is 21.3 Å². The van der Waals surface area contributed by atoms with Gasteiger partial charge < -0.3 is 61.7 Å². The summed E-state index contributed by atoms with van der Waals surface area (Å²) in [4.78, 5) is 84.2. The normalized spacial score (nSPS) is 11.0. The van der Waals surface area contributed by atoms with E-state index in [1.165, 1.54) is 6.07 Å². The van der Waals surface area contributed by atoms with Gasteiger partial charge in [-0.1, -0.05) is 68.4 Å². The number of urea groups is 1. The molecule has 9 N–H and O–H groups in total. The number of hydrogen-bond donors (Lipinski definition) is 7. The van der Waals surface area contributed by atoms with Crippen LogP contribution >= 0.6 is 0 Å². The minimum Gasteiger partial charge on any atom is -0.461 e. The molecule has 61 heavy (non-hydrogen) atoms. The second-order valence-corrected chi connectivity index (χ2v) is 14.1. The molecule has 0 aliphatic heterocycles. The fraction of sp³-hybridized carbons (Fsp3) is 0.690. The van der Waals surface area contributed by atoms with Crippen molar-refractivity contribution in [2.75, 3.05) is 84.4 Å². The molecule has 6 amide bonds. The average molecular weight is 870 g/mol. The van der Waals surface area contributed by atoms with Crippen molar-refractivity contribution in [3.8, 4) is 0 Å². The van der Waals surface area contributed by atoms with E-state index in [9.17, 15) is 33.6 Å². The number of ether oxygens (including phenoxy) is 5. The Morgan fingerprint density at radius 3 is 1.72 bits per heavy atom. The minimum absolute atomic E-state index is 0.0134. The molecule has 1 aromatic carbocycles. The zero-order chi connectivity index (χ0) is 46.6. The van der Waals surface area contributed by atoms with Crippen LogP contribution in [0.25, 0.3) is 0 Å². The molecule has 0 fully saturated rings. The van der Waals surface area contributed by atoms with E-state index in [-0.39, 0.29) is 86.6 Å². The summed E-state index contributed by atoms with van der Waals surface area (Å²) < 4.78 is 27.0. The lowest BCUT2D eigenvalue weighted by Gasteiger charge is -2.21. The maximum atomic E-state index is 12.9. The van der Waals surface area contributed by atoms with Gasteiger partial charge in [0, 0.05) is 55.2 Å². The van der Waals surface area contributed by atoms with Crippen molar-refractivity contribution >= 4 is 47.1 Å². The Hall–Kier alpha value is -4.69. The third kappa shape index (κ3) is 30.9. The molecular weight excluding hydrogens is 794 g/mol. The second-order valence-electron chi connectivity index (χ2n) is 14.1. The predicted molar refractivity (Wildman–Crippen MR) is 232 cm³/mol. The molecule has 0 saturated heterocycles. The van der Waals surface area contributed by atoms with Crippen LogP contribution in [0.1, 0.15) is 97.5 Å². The van der Waals surface area contributed by atoms with E-state index in [0.717, 1.165) is 6.42 Å². The van der Waals surface area contributed by atoms with Crippen LogP contribution in [0.5, 0.6) is 0 Å². The highest BCUT2D eigenvalue weighted by Crippen LogP contribution is 2.18. The number of nitrogens with two attached hydrogens (primary N) is 2. The van der Waals surface area contributed by atoms with Crippen molar-refractivity contribution in [3.63, 3.8) is 0 Å². The number of rotatable bonds is 30. The molecule has 1 rings (SSSR count). The lowest BCUT2D eigenvalue weighted by Crippen LogP contribution is -2.51. The molecule has 350 valence electrons. The first kappa shape index (κ1) is 58.4. The largest absolute Gasteiger partial charge is 0.461 e. The van der Waals surface area contributed by atoms with Gasteiger partial charge in [0.1, 0.15) is 18.4 Å². The van der Waals surface area contributed by atoms with Gasteiger partial charge in [-0.05, 0) is 24.5 Å². The van der Waals surface area contributed by atoms with Crippen molar-refractivity contribution in [1.29, 1.82) is 0 Å². The van der Waals surface area contributed by atoms with Crippen LogP contribution in [0.15, 0.2) is 18.2 Å². The number of hydrogen-bond acceptors (Lipinski definition) is 13. The summed E-state index contributed by atoms with van der Waals surface area (Å²) in [7, 11) is 0. The molecule has 0 bridgehead atoms. The van der Waals surface area contributed by atoms with Crippen LogP contribution in [0, 0.1) is 17.8 Å². The molecule has 0 spiro atoms. The number of anilines is 1. The van der Waals surface area contributed by atoms with Crippen LogP contribution in [-0.2, 0) is 54.3 Å². The Morgan fingerprint density at radius 1 is 0.689 bits per heavy atom. The molecule has 0 saturated carbocycles. The highest BCUT2D eigenvalue weighted by molar-refractivity contribution is 5.99. The summed E-state index contributed by atoms with van der Waals surface area (Å²) in [6, 6.07) is 3.24. The first-order valence-corrected chi connectivity index (χ1v) is 21.1. The van der Waals surface area contributed by atoms with Crippen LogP contribution in [0.3, 0.4) is 0 Å². The van der Waals surface area contributed by atoms with Crippen LogP contribution in [-0.4, -0.2) is 126 Å². The molecule has 1 atom stereocenters. The molecule has 0 aliphatic carbocycles. The Balaban J connectivity index is 0. The van der Waals surface area contributed by atoms with E-state index in [1.807, 2.05) is 34.6 Å². The minimum atomic E-state index is -0.887. The van der Waals surface area contributed by atoms with E-state index in [4.69, 9.17) is 35.2 Å². The third-order valence-electron chi connectivity index (χ3n) is 7.87. The fourth-order valence-corrected chi connectivity index (χ4v) is 4.49. The Morgan fingerprint density at radius 2 is 1.25 bits per heavy atom. The van der Waals surface area contributed by atoms with Gasteiger partial charge >= 0.3 is 12.0 Å². The third-order valence-corrected chi connectivity index (χ3v) is 7.87. The zero-order valence-corrected chi connectivity index (χ0v) is 37.9. The molecule has 1 unspecified atom stereocenters. The topological polar surface area (TPSA) is 278 Å². The molecule has 1 aromatic rings. The number of ketones is 1.